The number of aryl methyl sites for hydroxylation is 2. The van der Waals surface area contributed by atoms with Crippen LogP contribution in [-0.2, 0) is 4.79 Å². The molecule has 0 aliphatic heterocycles. The summed E-state index contributed by atoms with van der Waals surface area (Å²) in [6.07, 6.45) is 5.53. The Bertz CT molecular complexity index is 636. The normalized spacial score (nSPS) is 20.1. The summed E-state index contributed by atoms with van der Waals surface area (Å²) in [6, 6.07) is 0. The average Bonchev–Trinajstić information content (AvgIpc) is 2.69. The van der Waals surface area contributed by atoms with E-state index >= 15 is 0 Å². The number of hydrogen-bond donors (Lipinski definition) is 0. The Balaban J connectivity index is 1.98. The fourth-order valence-electron chi connectivity index (χ4n) is 2.45. The van der Waals surface area contributed by atoms with Crippen LogP contribution in [0.3, 0.4) is 0 Å². The van der Waals surface area contributed by atoms with Crippen LogP contribution in [0, 0.1) is 13.8 Å². The number of thiophene rings is 1. The molecule has 100 valence electrons. The van der Waals surface area contributed by atoms with Crippen molar-refractivity contribution in [3.8, 4) is 0 Å². The molecular formula is C14H16N2OS2. The van der Waals surface area contributed by atoms with Crippen LogP contribution >= 0.6 is 23.1 Å². The van der Waals surface area contributed by atoms with E-state index in [0.29, 0.717) is 5.78 Å². The van der Waals surface area contributed by atoms with Gasteiger partial charge >= 0.3 is 0 Å². The van der Waals surface area contributed by atoms with Gasteiger partial charge in [0.2, 0.25) is 0 Å². The maximum absolute atomic E-state index is 12.0. The minimum absolute atomic E-state index is 0.0893. The molecule has 2 aromatic rings. The van der Waals surface area contributed by atoms with Crippen LogP contribution in [0.2, 0.25) is 0 Å². The molecule has 0 spiro atoms. The topological polar surface area (TPSA) is 42.9 Å². The van der Waals surface area contributed by atoms with Gasteiger partial charge in [-0.25, -0.2) is 9.97 Å². The minimum atomic E-state index is 0.0893. The minimum Gasteiger partial charge on any atom is -0.298 e. The Morgan fingerprint density at radius 1 is 1.32 bits per heavy atom. The number of thioether (sulfide) groups is 1. The second-order valence-corrected chi connectivity index (χ2v) is 7.36. The van der Waals surface area contributed by atoms with E-state index < -0.39 is 0 Å². The van der Waals surface area contributed by atoms with Crippen molar-refractivity contribution >= 4 is 39.1 Å². The highest BCUT2D eigenvalue weighted by molar-refractivity contribution is 8.00. The Hall–Kier alpha value is -0.940. The van der Waals surface area contributed by atoms with Gasteiger partial charge in [0.25, 0.3) is 0 Å². The van der Waals surface area contributed by atoms with E-state index in [0.717, 1.165) is 40.9 Å². The molecule has 1 atom stereocenters. The summed E-state index contributed by atoms with van der Waals surface area (Å²) in [4.78, 5) is 23.0. The van der Waals surface area contributed by atoms with Crippen molar-refractivity contribution < 1.29 is 4.79 Å². The molecule has 19 heavy (non-hydrogen) atoms. The second-order valence-electron chi connectivity index (χ2n) is 4.96. The van der Waals surface area contributed by atoms with E-state index in [2.05, 4.69) is 23.8 Å². The van der Waals surface area contributed by atoms with Crippen molar-refractivity contribution in [3.05, 3.63) is 16.8 Å². The molecule has 5 heteroatoms. The van der Waals surface area contributed by atoms with Crippen LogP contribution in [0.5, 0.6) is 0 Å². The number of rotatable bonds is 2. The average molecular weight is 292 g/mol. The highest BCUT2D eigenvalue weighted by Gasteiger charge is 2.25. The summed E-state index contributed by atoms with van der Waals surface area (Å²) in [6.45, 7) is 4.23. The van der Waals surface area contributed by atoms with Crippen LogP contribution in [0.15, 0.2) is 11.4 Å². The van der Waals surface area contributed by atoms with Gasteiger partial charge < -0.3 is 0 Å². The zero-order valence-corrected chi connectivity index (χ0v) is 12.7. The summed E-state index contributed by atoms with van der Waals surface area (Å²) in [5.41, 5.74) is 1.26. The lowest BCUT2D eigenvalue weighted by Crippen LogP contribution is -2.21. The van der Waals surface area contributed by atoms with Crippen molar-refractivity contribution in [2.45, 2.75) is 49.8 Å². The lowest BCUT2D eigenvalue weighted by molar-refractivity contribution is -0.119. The molecule has 0 N–H and O–H groups in total. The number of hydrogen-bond acceptors (Lipinski definition) is 5. The first-order valence-corrected chi connectivity index (χ1v) is 8.26. The summed E-state index contributed by atoms with van der Waals surface area (Å²) in [5.74, 6) is 0.382. The highest BCUT2D eigenvalue weighted by Crippen LogP contribution is 2.38. The van der Waals surface area contributed by atoms with Crippen LogP contribution in [0.1, 0.15) is 36.1 Å². The number of fused-ring (bicyclic) bond motifs is 1. The van der Waals surface area contributed by atoms with Gasteiger partial charge in [-0.2, -0.15) is 0 Å². The van der Waals surface area contributed by atoms with Gasteiger partial charge in [-0.05, 0) is 32.3 Å². The molecule has 3 rings (SSSR count). The quantitative estimate of drug-likeness (QED) is 0.787. The van der Waals surface area contributed by atoms with Crippen molar-refractivity contribution in [1.82, 2.24) is 9.97 Å². The zero-order chi connectivity index (χ0) is 13.4. The fourth-order valence-corrected chi connectivity index (χ4v) is 4.79. The summed E-state index contributed by atoms with van der Waals surface area (Å²) in [7, 11) is 0. The van der Waals surface area contributed by atoms with Crippen molar-refractivity contribution in [2.75, 3.05) is 0 Å². The first-order chi connectivity index (χ1) is 9.16. The molecule has 0 amide bonds. The molecule has 0 bridgehead atoms. The second kappa shape index (κ2) is 5.21. The SMILES string of the molecule is Cc1sc2ncnc(S[C@H]3CCCCC3=O)c2c1C. The van der Waals surface area contributed by atoms with E-state index in [1.165, 1.54) is 10.4 Å². The third-order valence-corrected chi connectivity index (χ3v) is 6.11. The van der Waals surface area contributed by atoms with Crippen LogP contribution in [-0.4, -0.2) is 21.0 Å². The van der Waals surface area contributed by atoms with E-state index in [9.17, 15) is 4.79 Å². The molecule has 0 unspecified atom stereocenters. The Morgan fingerprint density at radius 3 is 2.95 bits per heavy atom. The first-order valence-electron chi connectivity index (χ1n) is 6.57. The largest absolute Gasteiger partial charge is 0.298 e. The van der Waals surface area contributed by atoms with Gasteiger partial charge in [0.1, 0.15) is 22.0 Å². The number of aromatic nitrogens is 2. The molecule has 3 nitrogen and oxygen atoms in total. The van der Waals surface area contributed by atoms with Crippen LogP contribution in [0.25, 0.3) is 10.2 Å². The first kappa shape index (κ1) is 13.1. The lowest BCUT2D eigenvalue weighted by Gasteiger charge is -2.19. The predicted octanol–water partition coefficient (Wildman–Crippen LogP) is 3.91. The lowest BCUT2D eigenvalue weighted by atomic mass is 9.99. The molecule has 2 heterocycles. The van der Waals surface area contributed by atoms with Gasteiger partial charge in [-0.3, -0.25) is 4.79 Å². The maximum atomic E-state index is 12.0. The zero-order valence-electron chi connectivity index (χ0n) is 11.1. The summed E-state index contributed by atoms with van der Waals surface area (Å²) >= 11 is 3.34. The summed E-state index contributed by atoms with van der Waals surface area (Å²) in [5, 5.41) is 2.21. The van der Waals surface area contributed by atoms with Crippen LogP contribution in [0.4, 0.5) is 0 Å². The van der Waals surface area contributed by atoms with Gasteiger partial charge in [-0.1, -0.05) is 18.2 Å². The molecule has 1 fully saturated rings. The Labute approximate surface area is 120 Å². The standard InChI is InChI=1S/C14H16N2OS2/c1-8-9(2)18-13-12(8)14(16-7-15-13)19-11-6-4-3-5-10(11)17/h7,11H,3-6H2,1-2H3/t11-/m0/s1. The van der Waals surface area contributed by atoms with E-state index in [4.69, 9.17) is 0 Å². The third-order valence-electron chi connectivity index (χ3n) is 3.68. The van der Waals surface area contributed by atoms with Crippen molar-refractivity contribution in [2.24, 2.45) is 0 Å². The molecule has 0 aromatic carbocycles. The van der Waals surface area contributed by atoms with Crippen molar-refractivity contribution in [1.29, 1.82) is 0 Å². The predicted molar refractivity (Wildman–Crippen MR) is 80.0 cm³/mol. The smallest absolute Gasteiger partial charge is 0.146 e. The summed E-state index contributed by atoms with van der Waals surface area (Å²) < 4.78 is 0. The Kier molecular flexibility index (Phi) is 3.58. The van der Waals surface area contributed by atoms with Crippen molar-refractivity contribution in [3.63, 3.8) is 0 Å². The third kappa shape index (κ3) is 2.41. The molecule has 1 aliphatic rings. The molecule has 1 aliphatic carbocycles. The number of carbonyl (C=O) groups is 1. The van der Waals surface area contributed by atoms with Gasteiger partial charge in [0, 0.05) is 16.7 Å². The molecule has 0 radical (unpaired) electrons. The molecular weight excluding hydrogens is 276 g/mol. The van der Waals surface area contributed by atoms with Gasteiger partial charge in [-0.15, -0.1) is 11.3 Å². The van der Waals surface area contributed by atoms with E-state index in [1.54, 1.807) is 29.4 Å². The van der Waals surface area contributed by atoms with E-state index in [1.807, 2.05) is 0 Å². The molecule has 0 saturated heterocycles. The maximum Gasteiger partial charge on any atom is 0.146 e. The number of ketones is 1. The monoisotopic (exact) mass is 292 g/mol. The van der Waals surface area contributed by atoms with E-state index in [-0.39, 0.29) is 5.25 Å². The fraction of sp³-hybridized carbons (Fsp3) is 0.500. The molecule has 2 aromatic heterocycles. The van der Waals surface area contributed by atoms with Gasteiger partial charge in [0.05, 0.1) is 5.25 Å². The number of nitrogens with zero attached hydrogens (tertiary/aromatic N) is 2. The highest BCUT2D eigenvalue weighted by atomic mass is 32.2. The molecule has 1 saturated carbocycles. The van der Waals surface area contributed by atoms with Crippen LogP contribution < -0.4 is 0 Å². The Morgan fingerprint density at radius 2 is 2.16 bits per heavy atom. The van der Waals surface area contributed by atoms with Gasteiger partial charge in [0.15, 0.2) is 0 Å². The number of Topliss-reactive ketones (excluding diaryl/α,β-unsaturated/α-hetero) is 1. The number of carbonyl (C=O) groups excluding carboxylic acids is 1.